The highest BCUT2D eigenvalue weighted by Gasteiger charge is 2.21. The Balaban J connectivity index is 1.97. The van der Waals surface area contributed by atoms with Gasteiger partial charge < -0.3 is 10.6 Å². The molecule has 0 saturated carbocycles. The van der Waals surface area contributed by atoms with E-state index in [0.29, 0.717) is 15.7 Å². The molecule has 2 N–H and O–H groups in total. The van der Waals surface area contributed by atoms with Crippen LogP contribution in [0, 0.1) is 20.8 Å². The normalized spacial score (nSPS) is 12.0. The molecule has 2 aromatic carbocycles. The Hall–Kier alpha value is -2.08. The third kappa shape index (κ3) is 5.71. The monoisotopic (exact) mass is 421 g/mol. The summed E-state index contributed by atoms with van der Waals surface area (Å²) in [5.41, 5.74) is 4.54. The molecule has 5 nitrogen and oxygen atoms in total. The zero-order chi connectivity index (χ0) is 21.0. The minimum absolute atomic E-state index is 0.0562. The SMILES string of the molecule is Cc1cc(C)c(NC(=O)[C@@H](C)N(C)CC(=O)Nc2ccc(Cl)c(Cl)c2)c(C)c1. The average molecular weight is 422 g/mol. The number of halogens is 2. The van der Waals surface area contributed by atoms with Gasteiger partial charge in [-0.2, -0.15) is 0 Å². The van der Waals surface area contributed by atoms with Crippen molar-refractivity contribution in [2.75, 3.05) is 24.2 Å². The fourth-order valence-corrected chi connectivity index (χ4v) is 3.24. The average Bonchev–Trinajstić information content (AvgIpc) is 2.60. The van der Waals surface area contributed by atoms with Crippen LogP contribution in [0.2, 0.25) is 10.0 Å². The van der Waals surface area contributed by atoms with Crippen LogP contribution in [0.5, 0.6) is 0 Å². The van der Waals surface area contributed by atoms with Crippen molar-refractivity contribution >= 4 is 46.4 Å². The number of nitrogens with zero attached hydrogens (tertiary/aromatic N) is 1. The predicted molar refractivity (Wildman–Crippen MR) is 116 cm³/mol. The number of hydrogen-bond donors (Lipinski definition) is 2. The summed E-state index contributed by atoms with van der Waals surface area (Å²) in [6.07, 6.45) is 0. The molecule has 150 valence electrons. The number of hydrogen-bond acceptors (Lipinski definition) is 3. The zero-order valence-corrected chi connectivity index (χ0v) is 18.2. The Morgan fingerprint density at radius 2 is 1.61 bits per heavy atom. The van der Waals surface area contributed by atoms with Gasteiger partial charge in [-0.1, -0.05) is 40.9 Å². The molecule has 28 heavy (non-hydrogen) atoms. The highest BCUT2D eigenvalue weighted by molar-refractivity contribution is 6.42. The van der Waals surface area contributed by atoms with E-state index in [1.54, 1.807) is 37.1 Å². The lowest BCUT2D eigenvalue weighted by molar-refractivity contribution is -0.122. The first kappa shape index (κ1) is 22.2. The van der Waals surface area contributed by atoms with Crippen molar-refractivity contribution in [3.8, 4) is 0 Å². The molecule has 2 rings (SSSR count). The Bertz CT molecular complexity index is 876. The molecule has 0 saturated heterocycles. The molecule has 0 heterocycles. The minimum atomic E-state index is -0.486. The van der Waals surface area contributed by atoms with Gasteiger partial charge >= 0.3 is 0 Å². The number of anilines is 2. The van der Waals surface area contributed by atoms with E-state index in [4.69, 9.17) is 23.2 Å². The summed E-state index contributed by atoms with van der Waals surface area (Å²) >= 11 is 11.8. The maximum atomic E-state index is 12.6. The molecule has 0 radical (unpaired) electrons. The quantitative estimate of drug-likeness (QED) is 0.702. The molecular weight excluding hydrogens is 397 g/mol. The molecule has 1 atom stereocenters. The van der Waals surface area contributed by atoms with Gasteiger partial charge in [0.25, 0.3) is 0 Å². The topological polar surface area (TPSA) is 61.4 Å². The van der Waals surface area contributed by atoms with Gasteiger partial charge in [-0.15, -0.1) is 0 Å². The Kier molecular flexibility index (Phi) is 7.47. The molecule has 2 aromatic rings. The number of amides is 2. The number of carbonyl (C=O) groups is 2. The summed E-state index contributed by atoms with van der Waals surface area (Å²) in [5, 5.41) is 6.52. The van der Waals surface area contributed by atoms with Crippen LogP contribution in [0.1, 0.15) is 23.6 Å². The lowest BCUT2D eigenvalue weighted by Gasteiger charge is -2.24. The zero-order valence-electron chi connectivity index (χ0n) is 16.7. The van der Waals surface area contributed by atoms with Gasteiger partial charge in [0.2, 0.25) is 11.8 Å². The summed E-state index contributed by atoms with van der Waals surface area (Å²) in [7, 11) is 1.73. The van der Waals surface area contributed by atoms with Gasteiger partial charge in [0.05, 0.1) is 22.6 Å². The van der Waals surface area contributed by atoms with Gasteiger partial charge in [-0.05, 0) is 64.1 Å². The number of carbonyl (C=O) groups excluding carboxylic acids is 2. The lowest BCUT2D eigenvalue weighted by atomic mass is 10.0. The number of likely N-dealkylation sites (N-methyl/N-ethyl adjacent to an activating group) is 1. The van der Waals surface area contributed by atoms with Gasteiger partial charge in [0, 0.05) is 11.4 Å². The first-order chi connectivity index (χ1) is 13.1. The molecule has 0 bridgehead atoms. The fraction of sp³-hybridized carbons (Fsp3) is 0.333. The third-order valence-electron chi connectivity index (χ3n) is 4.56. The molecule has 2 amide bonds. The van der Waals surface area contributed by atoms with E-state index in [1.165, 1.54) is 0 Å². The molecule has 7 heteroatoms. The molecule has 0 aliphatic carbocycles. The van der Waals surface area contributed by atoms with Crippen molar-refractivity contribution in [3.63, 3.8) is 0 Å². The largest absolute Gasteiger partial charge is 0.325 e. The second-order valence-electron chi connectivity index (χ2n) is 7.03. The third-order valence-corrected chi connectivity index (χ3v) is 5.30. The van der Waals surface area contributed by atoms with E-state index < -0.39 is 6.04 Å². The highest BCUT2D eigenvalue weighted by Crippen LogP contribution is 2.25. The Morgan fingerprint density at radius 3 is 2.18 bits per heavy atom. The van der Waals surface area contributed by atoms with Crippen LogP contribution in [-0.4, -0.2) is 36.3 Å². The van der Waals surface area contributed by atoms with Gasteiger partial charge in [0.1, 0.15) is 0 Å². The number of nitrogens with one attached hydrogen (secondary N) is 2. The summed E-state index contributed by atoms with van der Waals surface area (Å²) in [4.78, 5) is 26.6. The van der Waals surface area contributed by atoms with Crippen LogP contribution in [0.25, 0.3) is 0 Å². The van der Waals surface area contributed by atoms with E-state index in [1.807, 2.05) is 32.9 Å². The first-order valence-electron chi connectivity index (χ1n) is 8.92. The molecule has 0 aromatic heterocycles. The smallest absolute Gasteiger partial charge is 0.241 e. The van der Waals surface area contributed by atoms with Crippen LogP contribution in [0.4, 0.5) is 11.4 Å². The molecule has 0 spiro atoms. The Labute approximate surface area is 176 Å². The Morgan fingerprint density at radius 1 is 1.00 bits per heavy atom. The molecule has 0 aliphatic rings. The van der Waals surface area contributed by atoms with Crippen molar-refractivity contribution in [2.45, 2.75) is 33.7 Å². The van der Waals surface area contributed by atoms with E-state index in [2.05, 4.69) is 10.6 Å². The minimum Gasteiger partial charge on any atom is -0.325 e. The van der Waals surface area contributed by atoms with Crippen molar-refractivity contribution in [3.05, 3.63) is 57.1 Å². The van der Waals surface area contributed by atoms with Gasteiger partial charge in [0.15, 0.2) is 0 Å². The van der Waals surface area contributed by atoms with E-state index in [9.17, 15) is 9.59 Å². The first-order valence-corrected chi connectivity index (χ1v) is 9.68. The highest BCUT2D eigenvalue weighted by atomic mass is 35.5. The van der Waals surface area contributed by atoms with Crippen LogP contribution < -0.4 is 10.6 Å². The number of aryl methyl sites for hydroxylation is 3. The van der Waals surface area contributed by atoms with E-state index >= 15 is 0 Å². The second kappa shape index (κ2) is 9.41. The van der Waals surface area contributed by atoms with Crippen LogP contribution in [-0.2, 0) is 9.59 Å². The number of rotatable bonds is 6. The predicted octanol–water partition coefficient (Wildman–Crippen LogP) is 4.82. The molecular formula is C21H25Cl2N3O2. The lowest BCUT2D eigenvalue weighted by Crippen LogP contribution is -2.43. The van der Waals surface area contributed by atoms with Crippen LogP contribution >= 0.6 is 23.2 Å². The van der Waals surface area contributed by atoms with Crippen molar-refractivity contribution in [1.82, 2.24) is 4.90 Å². The number of benzene rings is 2. The fourth-order valence-electron chi connectivity index (χ4n) is 2.94. The summed E-state index contributed by atoms with van der Waals surface area (Å²) < 4.78 is 0. The summed E-state index contributed by atoms with van der Waals surface area (Å²) in [6, 6.07) is 8.45. The van der Waals surface area contributed by atoms with Gasteiger partial charge in [-0.3, -0.25) is 14.5 Å². The van der Waals surface area contributed by atoms with E-state index in [0.717, 1.165) is 22.4 Å². The maximum Gasteiger partial charge on any atom is 0.241 e. The summed E-state index contributed by atoms with van der Waals surface area (Å²) in [6.45, 7) is 7.78. The van der Waals surface area contributed by atoms with Crippen molar-refractivity contribution in [1.29, 1.82) is 0 Å². The standard InChI is InChI=1S/C21H25Cl2N3O2/c1-12-8-13(2)20(14(3)9-12)25-21(28)15(4)26(5)11-19(27)24-16-6-7-17(22)18(23)10-16/h6-10,15H,11H2,1-5H3,(H,24,27)(H,25,28)/t15-/m1/s1. The van der Waals surface area contributed by atoms with Crippen LogP contribution in [0.3, 0.4) is 0 Å². The second-order valence-corrected chi connectivity index (χ2v) is 7.85. The van der Waals surface area contributed by atoms with E-state index in [-0.39, 0.29) is 18.4 Å². The molecule has 0 aliphatic heterocycles. The van der Waals surface area contributed by atoms with Crippen molar-refractivity contribution < 1.29 is 9.59 Å². The van der Waals surface area contributed by atoms with Gasteiger partial charge in [-0.25, -0.2) is 0 Å². The maximum absolute atomic E-state index is 12.6. The molecule has 0 fully saturated rings. The van der Waals surface area contributed by atoms with Crippen LogP contribution in [0.15, 0.2) is 30.3 Å². The van der Waals surface area contributed by atoms with Crippen molar-refractivity contribution in [2.24, 2.45) is 0 Å². The molecule has 0 unspecified atom stereocenters. The summed E-state index contributed by atoms with van der Waals surface area (Å²) in [5.74, 6) is -0.414.